The van der Waals surface area contributed by atoms with Gasteiger partial charge in [-0.05, 0) is 32.3 Å². The average molecular weight is 364 g/mol. The molecule has 0 bridgehead atoms. The maximum Gasteiger partial charge on any atom is 0.256 e. The lowest BCUT2D eigenvalue weighted by atomic mass is 10.1. The summed E-state index contributed by atoms with van der Waals surface area (Å²) in [6, 6.07) is 17.0. The van der Waals surface area contributed by atoms with Crippen LogP contribution in [0.4, 0.5) is 5.69 Å². The number of amides is 1. The summed E-state index contributed by atoms with van der Waals surface area (Å²) in [6.07, 6.45) is 3.50. The lowest BCUT2D eigenvalue weighted by Gasteiger charge is -2.11. The molecular formula is C21H24N4O2. The molecule has 1 heterocycles. The zero-order valence-corrected chi connectivity index (χ0v) is 15.6. The van der Waals surface area contributed by atoms with Crippen LogP contribution in [-0.4, -0.2) is 41.2 Å². The van der Waals surface area contributed by atoms with Gasteiger partial charge in [-0.2, -0.15) is 5.10 Å². The number of benzene rings is 2. The van der Waals surface area contributed by atoms with Crippen LogP contribution in [-0.2, 0) is 13.2 Å². The van der Waals surface area contributed by atoms with E-state index in [1.165, 1.54) is 0 Å². The van der Waals surface area contributed by atoms with Crippen LogP contribution in [0.25, 0.3) is 0 Å². The van der Waals surface area contributed by atoms with Gasteiger partial charge in [0.05, 0.1) is 18.4 Å². The van der Waals surface area contributed by atoms with Crippen LogP contribution in [0.1, 0.15) is 15.9 Å². The highest BCUT2D eigenvalue weighted by Crippen LogP contribution is 2.16. The van der Waals surface area contributed by atoms with Crippen LogP contribution in [0.3, 0.4) is 0 Å². The summed E-state index contributed by atoms with van der Waals surface area (Å²) in [5, 5.41) is 7.20. The van der Waals surface area contributed by atoms with E-state index in [0.717, 1.165) is 24.4 Å². The molecule has 140 valence electrons. The van der Waals surface area contributed by atoms with Crippen molar-refractivity contribution in [3.63, 3.8) is 0 Å². The quantitative estimate of drug-likeness (QED) is 0.666. The standard InChI is InChI=1S/C21H24N4O2/c1-24(2)12-13-25-15-18(14-22-25)23-21(26)20-11-7-6-8-17(20)16-27-19-9-4-3-5-10-19/h3-11,14-15H,12-13,16H2,1-2H3,(H,23,26). The molecule has 0 unspecified atom stereocenters. The largest absolute Gasteiger partial charge is 0.489 e. The Morgan fingerprint density at radius 3 is 2.63 bits per heavy atom. The Morgan fingerprint density at radius 2 is 1.85 bits per heavy atom. The molecule has 1 N–H and O–H groups in total. The third-order valence-electron chi connectivity index (χ3n) is 4.07. The molecule has 0 radical (unpaired) electrons. The number of carbonyl (C=O) groups is 1. The van der Waals surface area contributed by atoms with Crippen molar-refractivity contribution in [1.29, 1.82) is 0 Å². The number of para-hydroxylation sites is 1. The molecule has 0 spiro atoms. The van der Waals surface area contributed by atoms with Gasteiger partial charge >= 0.3 is 0 Å². The van der Waals surface area contributed by atoms with E-state index in [9.17, 15) is 4.79 Å². The Hall–Kier alpha value is -3.12. The highest BCUT2D eigenvalue weighted by molar-refractivity contribution is 6.05. The highest BCUT2D eigenvalue weighted by Gasteiger charge is 2.12. The van der Waals surface area contributed by atoms with Crippen molar-refractivity contribution >= 4 is 11.6 Å². The molecule has 6 heteroatoms. The van der Waals surface area contributed by atoms with Crippen molar-refractivity contribution in [2.24, 2.45) is 0 Å². The monoisotopic (exact) mass is 364 g/mol. The maximum atomic E-state index is 12.7. The fraction of sp³-hybridized carbons (Fsp3) is 0.238. The van der Waals surface area contributed by atoms with Gasteiger partial charge < -0.3 is 15.0 Å². The Kier molecular flexibility index (Phi) is 6.22. The zero-order valence-electron chi connectivity index (χ0n) is 15.6. The molecule has 0 aliphatic rings. The molecule has 6 nitrogen and oxygen atoms in total. The van der Waals surface area contributed by atoms with E-state index in [1.807, 2.05) is 73.5 Å². The van der Waals surface area contributed by atoms with Crippen LogP contribution < -0.4 is 10.1 Å². The van der Waals surface area contributed by atoms with Crippen molar-refractivity contribution in [3.05, 3.63) is 78.1 Å². The van der Waals surface area contributed by atoms with E-state index in [0.29, 0.717) is 17.9 Å². The number of carbonyl (C=O) groups excluding carboxylic acids is 1. The highest BCUT2D eigenvalue weighted by atomic mass is 16.5. The molecule has 0 saturated carbocycles. The number of nitrogens with zero attached hydrogens (tertiary/aromatic N) is 3. The average Bonchev–Trinajstić information content (AvgIpc) is 3.13. The first-order chi connectivity index (χ1) is 13.1. The van der Waals surface area contributed by atoms with Crippen molar-refractivity contribution in [1.82, 2.24) is 14.7 Å². The Bertz CT molecular complexity index is 875. The molecule has 1 amide bonds. The number of hydrogen-bond acceptors (Lipinski definition) is 4. The van der Waals surface area contributed by atoms with E-state index in [-0.39, 0.29) is 5.91 Å². The molecule has 0 aliphatic carbocycles. The minimum absolute atomic E-state index is 0.172. The van der Waals surface area contributed by atoms with Crippen LogP contribution in [0.5, 0.6) is 5.75 Å². The number of likely N-dealkylation sites (N-methyl/N-ethyl adjacent to an activating group) is 1. The molecule has 27 heavy (non-hydrogen) atoms. The van der Waals surface area contributed by atoms with Gasteiger partial charge in [0.15, 0.2) is 0 Å². The van der Waals surface area contributed by atoms with Crippen molar-refractivity contribution in [2.45, 2.75) is 13.2 Å². The second-order valence-corrected chi connectivity index (χ2v) is 6.51. The predicted octanol–water partition coefficient (Wildman–Crippen LogP) is 3.28. The SMILES string of the molecule is CN(C)CCn1cc(NC(=O)c2ccccc2COc2ccccc2)cn1. The molecule has 0 aliphatic heterocycles. The third-order valence-corrected chi connectivity index (χ3v) is 4.07. The van der Waals surface area contributed by atoms with Gasteiger partial charge in [-0.1, -0.05) is 36.4 Å². The number of rotatable bonds is 8. The zero-order chi connectivity index (χ0) is 19.1. The number of ether oxygens (including phenoxy) is 1. The number of aromatic nitrogens is 2. The molecule has 1 aromatic heterocycles. The number of anilines is 1. The van der Waals surface area contributed by atoms with E-state index in [4.69, 9.17) is 4.74 Å². The molecule has 3 aromatic rings. The van der Waals surface area contributed by atoms with E-state index < -0.39 is 0 Å². The second-order valence-electron chi connectivity index (χ2n) is 6.51. The van der Waals surface area contributed by atoms with Gasteiger partial charge in [0.25, 0.3) is 5.91 Å². The third kappa shape index (κ3) is 5.43. The summed E-state index contributed by atoms with van der Waals surface area (Å²) < 4.78 is 7.61. The molecule has 0 fully saturated rings. The summed E-state index contributed by atoms with van der Waals surface area (Å²) in [5.74, 6) is 0.601. The van der Waals surface area contributed by atoms with Crippen LogP contribution in [0.15, 0.2) is 67.0 Å². The topological polar surface area (TPSA) is 59.4 Å². The van der Waals surface area contributed by atoms with E-state index in [1.54, 1.807) is 12.3 Å². The summed E-state index contributed by atoms with van der Waals surface area (Å²) in [7, 11) is 4.03. The number of hydrogen-bond donors (Lipinski definition) is 1. The minimum Gasteiger partial charge on any atom is -0.489 e. The van der Waals surface area contributed by atoms with Gasteiger partial charge in [0.2, 0.25) is 0 Å². The normalized spacial score (nSPS) is 10.8. The molecule has 0 atom stereocenters. The second kappa shape index (κ2) is 9.00. The van der Waals surface area contributed by atoms with E-state index in [2.05, 4.69) is 15.3 Å². The lowest BCUT2D eigenvalue weighted by molar-refractivity contribution is 0.102. The molecule has 3 rings (SSSR count). The first-order valence-corrected chi connectivity index (χ1v) is 8.86. The lowest BCUT2D eigenvalue weighted by Crippen LogP contribution is -2.18. The summed E-state index contributed by atoms with van der Waals surface area (Å²) in [5.41, 5.74) is 2.10. The van der Waals surface area contributed by atoms with Crippen LogP contribution in [0, 0.1) is 0 Å². The fourth-order valence-corrected chi connectivity index (χ4v) is 2.60. The van der Waals surface area contributed by atoms with Crippen molar-refractivity contribution in [3.8, 4) is 5.75 Å². The van der Waals surface area contributed by atoms with E-state index >= 15 is 0 Å². The van der Waals surface area contributed by atoms with Gasteiger partial charge in [-0.25, -0.2) is 0 Å². The Balaban J connectivity index is 1.64. The molecule has 2 aromatic carbocycles. The summed E-state index contributed by atoms with van der Waals surface area (Å²) >= 11 is 0. The summed E-state index contributed by atoms with van der Waals surface area (Å²) in [4.78, 5) is 14.8. The van der Waals surface area contributed by atoms with Crippen LogP contribution >= 0.6 is 0 Å². The molecular weight excluding hydrogens is 340 g/mol. The maximum absolute atomic E-state index is 12.7. The summed E-state index contributed by atoms with van der Waals surface area (Å²) in [6.45, 7) is 1.98. The number of nitrogens with one attached hydrogen (secondary N) is 1. The Labute approximate surface area is 159 Å². The predicted molar refractivity (Wildman–Crippen MR) is 106 cm³/mol. The molecule has 0 saturated heterocycles. The van der Waals surface area contributed by atoms with Gasteiger partial charge in [-0.15, -0.1) is 0 Å². The smallest absolute Gasteiger partial charge is 0.256 e. The van der Waals surface area contributed by atoms with Crippen molar-refractivity contribution < 1.29 is 9.53 Å². The van der Waals surface area contributed by atoms with Gasteiger partial charge in [0, 0.05) is 23.9 Å². The minimum atomic E-state index is -0.172. The van der Waals surface area contributed by atoms with Gasteiger partial charge in [-0.3, -0.25) is 9.48 Å². The van der Waals surface area contributed by atoms with Crippen LogP contribution in [0.2, 0.25) is 0 Å². The fourth-order valence-electron chi connectivity index (χ4n) is 2.60. The van der Waals surface area contributed by atoms with Gasteiger partial charge in [0.1, 0.15) is 12.4 Å². The first kappa shape index (κ1) is 18.7. The Morgan fingerprint density at radius 1 is 1.11 bits per heavy atom. The van der Waals surface area contributed by atoms with Crippen molar-refractivity contribution in [2.75, 3.05) is 26.0 Å². The first-order valence-electron chi connectivity index (χ1n) is 8.86.